The van der Waals surface area contributed by atoms with Gasteiger partial charge in [-0.15, -0.1) is 0 Å². The Morgan fingerprint density at radius 1 is 1.23 bits per heavy atom. The maximum atomic E-state index is 6.10. The van der Waals surface area contributed by atoms with E-state index in [-0.39, 0.29) is 12.1 Å². The summed E-state index contributed by atoms with van der Waals surface area (Å²) in [7, 11) is 0. The molecule has 0 bridgehead atoms. The monoisotopic (exact) mass is 317 g/mol. The van der Waals surface area contributed by atoms with Crippen molar-refractivity contribution in [3.8, 4) is 0 Å². The predicted octanol–water partition coefficient (Wildman–Crippen LogP) is 3.71. The van der Waals surface area contributed by atoms with E-state index in [1.807, 2.05) is 38.1 Å². The molecular weight excluding hydrogens is 298 g/mol. The molecule has 1 aromatic carbocycles. The molecule has 1 aliphatic rings. The molecule has 2 unspecified atom stereocenters. The third-order valence-corrected chi connectivity index (χ3v) is 4.14. The van der Waals surface area contributed by atoms with E-state index in [0.29, 0.717) is 6.61 Å². The topological polar surface area (TPSA) is 38.2 Å². The van der Waals surface area contributed by atoms with Crippen LogP contribution in [0.3, 0.4) is 0 Å². The number of halogens is 1. The fourth-order valence-corrected chi connectivity index (χ4v) is 3.03. The Morgan fingerprint density at radius 2 is 2.05 bits per heavy atom. The molecule has 5 heteroatoms. The highest BCUT2D eigenvalue weighted by Gasteiger charge is 2.28. The van der Waals surface area contributed by atoms with Crippen molar-refractivity contribution < 1.29 is 4.74 Å². The first kappa shape index (κ1) is 15.3. The van der Waals surface area contributed by atoms with Crippen LogP contribution in [0, 0.1) is 13.8 Å². The first-order chi connectivity index (χ1) is 10.5. The minimum Gasteiger partial charge on any atom is -0.370 e. The Balaban J connectivity index is 1.87. The average Bonchev–Trinajstić information content (AvgIpc) is 2.46. The highest BCUT2D eigenvalue weighted by Crippen LogP contribution is 2.29. The van der Waals surface area contributed by atoms with Crippen LogP contribution in [0.25, 0.3) is 0 Å². The summed E-state index contributed by atoms with van der Waals surface area (Å²) in [5.74, 6) is 1.76. The summed E-state index contributed by atoms with van der Waals surface area (Å²) < 4.78 is 6.00. The molecular formula is C17H20ClN3O. The molecule has 3 rings (SSSR count). The number of benzene rings is 1. The molecule has 0 radical (unpaired) electrons. The van der Waals surface area contributed by atoms with Gasteiger partial charge < -0.3 is 9.64 Å². The van der Waals surface area contributed by atoms with E-state index in [4.69, 9.17) is 16.3 Å². The molecule has 2 heterocycles. The number of anilines is 1. The van der Waals surface area contributed by atoms with Crippen LogP contribution >= 0.6 is 11.6 Å². The van der Waals surface area contributed by atoms with Crippen molar-refractivity contribution in [2.45, 2.75) is 32.9 Å². The lowest BCUT2D eigenvalue weighted by Crippen LogP contribution is -2.45. The van der Waals surface area contributed by atoms with Crippen molar-refractivity contribution in [3.63, 3.8) is 0 Å². The second kappa shape index (κ2) is 6.23. The lowest BCUT2D eigenvalue weighted by atomic mass is 10.1. The summed E-state index contributed by atoms with van der Waals surface area (Å²) in [6.07, 6.45) is 0.00507. The van der Waals surface area contributed by atoms with Crippen LogP contribution in [0.2, 0.25) is 5.02 Å². The molecule has 0 spiro atoms. The lowest BCUT2D eigenvalue weighted by molar-refractivity contribution is 0.0212. The zero-order chi connectivity index (χ0) is 15.7. The smallest absolute Gasteiger partial charge is 0.132 e. The van der Waals surface area contributed by atoms with Crippen LogP contribution in [0.5, 0.6) is 0 Å². The van der Waals surface area contributed by atoms with Gasteiger partial charge in [0.15, 0.2) is 0 Å². The van der Waals surface area contributed by atoms with Gasteiger partial charge in [-0.1, -0.05) is 23.7 Å². The normalized spacial score (nSPS) is 21.9. The Hall–Kier alpha value is -1.65. The van der Waals surface area contributed by atoms with Gasteiger partial charge in [-0.25, -0.2) is 9.97 Å². The minimum atomic E-state index is 0.00507. The van der Waals surface area contributed by atoms with Crippen molar-refractivity contribution >= 4 is 17.4 Å². The molecule has 2 atom stereocenters. The van der Waals surface area contributed by atoms with Crippen LogP contribution < -0.4 is 4.90 Å². The summed E-state index contributed by atoms with van der Waals surface area (Å²) in [5, 5.41) is 0.736. The minimum absolute atomic E-state index is 0.00507. The van der Waals surface area contributed by atoms with E-state index < -0.39 is 0 Å². The number of ether oxygens (including phenoxy) is 1. The Kier molecular flexibility index (Phi) is 4.32. The molecule has 2 aromatic rings. The summed E-state index contributed by atoms with van der Waals surface area (Å²) in [6, 6.07) is 10.2. The molecule has 116 valence electrons. The number of aromatic nitrogens is 2. The van der Waals surface area contributed by atoms with Crippen molar-refractivity contribution in [1.29, 1.82) is 0 Å². The van der Waals surface area contributed by atoms with Crippen molar-refractivity contribution in [2.24, 2.45) is 0 Å². The zero-order valence-electron chi connectivity index (χ0n) is 13.1. The SMILES string of the molecule is Cc1cc(N2CC(c3cccc(Cl)c3)OCC2C)nc(C)n1. The number of morpholine rings is 1. The van der Waals surface area contributed by atoms with Gasteiger partial charge in [0.25, 0.3) is 0 Å². The van der Waals surface area contributed by atoms with Gasteiger partial charge in [0, 0.05) is 16.8 Å². The first-order valence-electron chi connectivity index (χ1n) is 7.49. The standard InChI is InChI=1S/C17H20ClN3O/c1-11-7-17(20-13(3)19-11)21-9-16(22-10-12(21)2)14-5-4-6-15(18)8-14/h4-8,12,16H,9-10H2,1-3H3. The van der Waals surface area contributed by atoms with Crippen LogP contribution in [-0.2, 0) is 4.74 Å². The number of hydrogen-bond donors (Lipinski definition) is 0. The summed E-state index contributed by atoms with van der Waals surface area (Å²) in [4.78, 5) is 11.2. The van der Waals surface area contributed by atoms with Gasteiger partial charge in [-0.2, -0.15) is 0 Å². The zero-order valence-corrected chi connectivity index (χ0v) is 13.8. The molecule has 1 fully saturated rings. The summed E-state index contributed by atoms with van der Waals surface area (Å²) in [6.45, 7) is 7.51. The van der Waals surface area contributed by atoms with E-state index in [9.17, 15) is 0 Å². The van der Waals surface area contributed by atoms with Crippen LogP contribution in [0.4, 0.5) is 5.82 Å². The van der Waals surface area contributed by atoms with Gasteiger partial charge in [-0.3, -0.25) is 0 Å². The Morgan fingerprint density at radius 3 is 2.77 bits per heavy atom. The van der Waals surface area contributed by atoms with Crippen molar-refractivity contribution in [1.82, 2.24) is 9.97 Å². The molecule has 0 N–H and O–H groups in total. The van der Waals surface area contributed by atoms with Crippen molar-refractivity contribution in [3.05, 3.63) is 52.4 Å². The molecule has 0 amide bonds. The molecule has 1 aromatic heterocycles. The molecule has 1 saturated heterocycles. The first-order valence-corrected chi connectivity index (χ1v) is 7.87. The second-order valence-electron chi connectivity index (χ2n) is 5.79. The molecule has 1 aliphatic heterocycles. The largest absolute Gasteiger partial charge is 0.370 e. The third kappa shape index (κ3) is 3.23. The number of hydrogen-bond acceptors (Lipinski definition) is 4. The van der Waals surface area contributed by atoms with Gasteiger partial charge in [0.2, 0.25) is 0 Å². The van der Waals surface area contributed by atoms with Gasteiger partial charge in [-0.05, 0) is 38.5 Å². The van der Waals surface area contributed by atoms with E-state index in [1.165, 1.54) is 0 Å². The van der Waals surface area contributed by atoms with E-state index in [1.54, 1.807) is 0 Å². The van der Waals surface area contributed by atoms with Crippen LogP contribution in [0.1, 0.15) is 30.1 Å². The van der Waals surface area contributed by atoms with E-state index in [2.05, 4.69) is 27.9 Å². The van der Waals surface area contributed by atoms with Crippen LogP contribution in [0.15, 0.2) is 30.3 Å². The Labute approximate surface area is 136 Å². The fraction of sp³-hybridized carbons (Fsp3) is 0.412. The molecule has 4 nitrogen and oxygen atoms in total. The fourth-order valence-electron chi connectivity index (χ4n) is 2.83. The van der Waals surface area contributed by atoms with E-state index >= 15 is 0 Å². The van der Waals surface area contributed by atoms with Crippen molar-refractivity contribution in [2.75, 3.05) is 18.1 Å². The lowest BCUT2D eigenvalue weighted by Gasteiger charge is -2.39. The second-order valence-corrected chi connectivity index (χ2v) is 6.23. The van der Waals surface area contributed by atoms with Gasteiger partial charge >= 0.3 is 0 Å². The van der Waals surface area contributed by atoms with Gasteiger partial charge in [0.05, 0.1) is 19.2 Å². The summed E-state index contributed by atoms with van der Waals surface area (Å²) >= 11 is 6.10. The maximum absolute atomic E-state index is 6.10. The molecule has 22 heavy (non-hydrogen) atoms. The highest BCUT2D eigenvalue weighted by molar-refractivity contribution is 6.30. The number of nitrogens with zero attached hydrogens (tertiary/aromatic N) is 3. The molecule has 0 saturated carbocycles. The highest BCUT2D eigenvalue weighted by atomic mass is 35.5. The number of rotatable bonds is 2. The van der Waals surface area contributed by atoms with Crippen LogP contribution in [-0.4, -0.2) is 29.2 Å². The number of aryl methyl sites for hydroxylation is 2. The summed E-state index contributed by atoms with van der Waals surface area (Å²) in [5.41, 5.74) is 2.09. The maximum Gasteiger partial charge on any atom is 0.132 e. The van der Waals surface area contributed by atoms with Gasteiger partial charge in [0.1, 0.15) is 17.7 Å². The predicted molar refractivity (Wildman–Crippen MR) is 88.5 cm³/mol. The Bertz CT molecular complexity index is 656. The average molecular weight is 318 g/mol. The molecule has 0 aliphatic carbocycles. The van der Waals surface area contributed by atoms with E-state index in [0.717, 1.165) is 34.5 Å². The third-order valence-electron chi connectivity index (χ3n) is 3.90. The quantitative estimate of drug-likeness (QED) is 0.846.